The molecule has 1 aromatic rings. The van der Waals surface area contributed by atoms with Gasteiger partial charge in [-0.05, 0) is 38.0 Å². The second kappa shape index (κ2) is 7.14. The van der Waals surface area contributed by atoms with Gasteiger partial charge in [0.05, 0.1) is 12.2 Å². The van der Waals surface area contributed by atoms with Crippen LogP contribution in [0.15, 0.2) is 28.7 Å². The van der Waals surface area contributed by atoms with Crippen LogP contribution in [0, 0.1) is 0 Å². The first-order valence-electron chi connectivity index (χ1n) is 6.21. The first-order chi connectivity index (χ1) is 8.04. The van der Waals surface area contributed by atoms with Gasteiger partial charge in [-0.25, -0.2) is 0 Å². The van der Waals surface area contributed by atoms with Crippen molar-refractivity contribution in [3.8, 4) is 0 Å². The number of benzene rings is 1. The van der Waals surface area contributed by atoms with Crippen molar-refractivity contribution in [2.24, 2.45) is 5.73 Å². The molecule has 96 valence electrons. The average Bonchev–Trinajstić information content (AvgIpc) is 2.27. The van der Waals surface area contributed by atoms with E-state index in [2.05, 4.69) is 41.9 Å². The Hall–Kier alpha value is -0.380. The first-order valence-corrected chi connectivity index (χ1v) is 7.00. The van der Waals surface area contributed by atoms with Crippen molar-refractivity contribution in [2.45, 2.75) is 51.9 Å². The van der Waals surface area contributed by atoms with E-state index in [0.29, 0.717) is 0 Å². The van der Waals surface area contributed by atoms with Crippen molar-refractivity contribution < 1.29 is 4.74 Å². The van der Waals surface area contributed by atoms with Crippen LogP contribution in [0.25, 0.3) is 0 Å². The van der Waals surface area contributed by atoms with Crippen molar-refractivity contribution in [3.63, 3.8) is 0 Å². The van der Waals surface area contributed by atoms with Crippen molar-refractivity contribution >= 4 is 15.9 Å². The number of hydrogen-bond donors (Lipinski definition) is 1. The van der Waals surface area contributed by atoms with E-state index in [1.165, 1.54) is 0 Å². The molecular weight excluding hydrogens is 278 g/mol. The largest absolute Gasteiger partial charge is 0.369 e. The maximum atomic E-state index is 6.04. The summed E-state index contributed by atoms with van der Waals surface area (Å²) in [7, 11) is 0. The molecule has 0 amide bonds. The Labute approximate surface area is 113 Å². The van der Waals surface area contributed by atoms with Gasteiger partial charge < -0.3 is 10.5 Å². The molecule has 0 heterocycles. The third-order valence-electron chi connectivity index (χ3n) is 2.75. The van der Waals surface area contributed by atoms with Crippen LogP contribution in [0.3, 0.4) is 0 Å². The van der Waals surface area contributed by atoms with Gasteiger partial charge >= 0.3 is 0 Å². The molecule has 2 N–H and O–H groups in total. The molecule has 17 heavy (non-hydrogen) atoms. The molecular formula is C14H22BrNO. The fourth-order valence-electron chi connectivity index (χ4n) is 1.88. The average molecular weight is 300 g/mol. The summed E-state index contributed by atoms with van der Waals surface area (Å²) in [5.41, 5.74) is 7.16. The maximum absolute atomic E-state index is 6.04. The van der Waals surface area contributed by atoms with Gasteiger partial charge in [0.25, 0.3) is 0 Å². The van der Waals surface area contributed by atoms with E-state index < -0.39 is 0 Å². The lowest BCUT2D eigenvalue weighted by Crippen LogP contribution is -2.29. The SMILES string of the molecule is CCCC(C)OC(c1ccc(Br)cc1)C(C)N. The van der Waals surface area contributed by atoms with Gasteiger partial charge in [0, 0.05) is 10.5 Å². The Balaban J connectivity index is 2.75. The third kappa shape index (κ3) is 4.78. The lowest BCUT2D eigenvalue weighted by molar-refractivity contribution is -0.0187. The lowest BCUT2D eigenvalue weighted by atomic mass is 10.0. The van der Waals surface area contributed by atoms with Gasteiger partial charge in [0.1, 0.15) is 0 Å². The highest BCUT2D eigenvalue weighted by Gasteiger charge is 2.19. The molecule has 0 fully saturated rings. The van der Waals surface area contributed by atoms with Crippen LogP contribution < -0.4 is 5.73 Å². The molecule has 3 heteroatoms. The lowest BCUT2D eigenvalue weighted by Gasteiger charge is -2.25. The number of ether oxygens (including phenoxy) is 1. The van der Waals surface area contributed by atoms with Crippen LogP contribution in [0.5, 0.6) is 0 Å². The molecule has 1 rings (SSSR count). The van der Waals surface area contributed by atoms with E-state index >= 15 is 0 Å². The van der Waals surface area contributed by atoms with Crippen LogP contribution in [-0.2, 0) is 4.74 Å². The van der Waals surface area contributed by atoms with Crippen LogP contribution in [0.4, 0.5) is 0 Å². The maximum Gasteiger partial charge on any atom is 0.0976 e. The summed E-state index contributed by atoms with van der Waals surface area (Å²) in [6.45, 7) is 6.27. The fourth-order valence-corrected chi connectivity index (χ4v) is 2.15. The second-order valence-electron chi connectivity index (χ2n) is 4.57. The van der Waals surface area contributed by atoms with E-state index in [-0.39, 0.29) is 18.2 Å². The summed E-state index contributed by atoms with van der Waals surface area (Å²) in [4.78, 5) is 0. The molecule has 1 aromatic carbocycles. The van der Waals surface area contributed by atoms with E-state index in [9.17, 15) is 0 Å². The van der Waals surface area contributed by atoms with E-state index in [4.69, 9.17) is 10.5 Å². The molecule has 3 atom stereocenters. The fraction of sp³-hybridized carbons (Fsp3) is 0.571. The standard InChI is InChI=1S/C14H22BrNO/c1-4-5-10(2)17-14(11(3)16)12-6-8-13(15)9-7-12/h6-11,14H,4-5,16H2,1-3H3. The zero-order valence-corrected chi connectivity index (χ0v) is 12.4. The van der Waals surface area contributed by atoms with E-state index in [1.807, 2.05) is 19.1 Å². The molecule has 0 saturated carbocycles. The summed E-state index contributed by atoms with van der Waals surface area (Å²) in [6.07, 6.45) is 2.43. The number of rotatable bonds is 6. The zero-order valence-electron chi connectivity index (χ0n) is 10.8. The number of halogens is 1. The minimum Gasteiger partial charge on any atom is -0.369 e. The van der Waals surface area contributed by atoms with Crippen molar-refractivity contribution in [3.05, 3.63) is 34.3 Å². The van der Waals surface area contributed by atoms with Gasteiger partial charge in [-0.2, -0.15) is 0 Å². The summed E-state index contributed by atoms with van der Waals surface area (Å²) in [5, 5.41) is 0. The highest BCUT2D eigenvalue weighted by Crippen LogP contribution is 2.24. The molecule has 0 saturated heterocycles. The Kier molecular flexibility index (Phi) is 6.17. The Morgan fingerprint density at radius 3 is 2.29 bits per heavy atom. The van der Waals surface area contributed by atoms with Gasteiger partial charge in [0.15, 0.2) is 0 Å². The van der Waals surface area contributed by atoms with Crippen LogP contribution >= 0.6 is 15.9 Å². The molecule has 0 aromatic heterocycles. The van der Waals surface area contributed by atoms with Crippen LogP contribution in [-0.4, -0.2) is 12.1 Å². The van der Waals surface area contributed by atoms with Crippen LogP contribution in [0.1, 0.15) is 45.3 Å². The van der Waals surface area contributed by atoms with Gasteiger partial charge in [-0.15, -0.1) is 0 Å². The van der Waals surface area contributed by atoms with Gasteiger partial charge in [-0.1, -0.05) is 41.4 Å². The monoisotopic (exact) mass is 299 g/mol. The summed E-state index contributed by atoms with van der Waals surface area (Å²) in [5.74, 6) is 0. The predicted octanol–water partition coefficient (Wildman–Crippen LogP) is 4.04. The first kappa shape index (κ1) is 14.7. The third-order valence-corrected chi connectivity index (χ3v) is 3.28. The molecule has 0 radical (unpaired) electrons. The molecule has 0 aliphatic carbocycles. The minimum absolute atomic E-state index is 0.00418. The summed E-state index contributed by atoms with van der Waals surface area (Å²) < 4.78 is 7.11. The van der Waals surface area contributed by atoms with Crippen molar-refractivity contribution in [2.75, 3.05) is 0 Å². The molecule has 0 aliphatic heterocycles. The zero-order chi connectivity index (χ0) is 12.8. The Bertz CT molecular complexity index is 323. The highest BCUT2D eigenvalue weighted by atomic mass is 79.9. The second-order valence-corrected chi connectivity index (χ2v) is 5.48. The molecule has 3 unspecified atom stereocenters. The molecule has 0 spiro atoms. The van der Waals surface area contributed by atoms with Crippen LogP contribution in [0.2, 0.25) is 0 Å². The summed E-state index contributed by atoms with van der Waals surface area (Å²) in [6, 6.07) is 8.18. The van der Waals surface area contributed by atoms with Crippen molar-refractivity contribution in [1.82, 2.24) is 0 Å². The highest BCUT2D eigenvalue weighted by molar-refractivity contribution is 9.10. The Morgan fingerprint density at radius 2 is 1.82 bits per heavy atom. The molecule has 2 nitrogen and oxygen atoms in total. The van der Waals surface area contributed by atoms with Gasteiger partial charge in [-0.3, -0.25) is 0 Å². The summed E-state index contributed by atoms with van der Waals surface area (Å²) >= 11 is 3.44. The van der Waals surface area contributed by atoms with Crippen molar-refractivity contribution in [1.29, 1.82) is 0 Å². The Morgan fingerprint density at radius 1 is 1.24 bits per heavy atom. The smallest absolute Gasteiger partial charge is 0.0976 e. The molecule has 0 bridgehead atoms. The minimum atomic E-state index is -0.0235. The van der Waals surface area contributed by atoms with Gasteiger partial charge in [0.2, 0.25) is 0 Å². The van der Waals surface area contributed by atoms with E-state index in [0.717, 1.165) is 22.9 Å². The number of nitrogens with two attached hydrogens (primary N) is 1. The molecule has 0 aliphatic rings. The quantitative estimate of drug-likeness (QED) is 0.860. The van der Waals surface area contributed by atoms with E-state index in [1.54, 1.807) is 0 Å². The normalized spacial score (nSPS) is 16.5. The number of hydrogen-bond acceptors (Lipinski definition) is 2. The topological polar surface area (TPSA) is 35.2 Å². The predicted molar refractivity (Wildman–Crippen MR) is 76.0 cm³/mol.